The van der Waals surface area contributed by atoms with Crippen molar-refractivity contribution in [3.8, 4) is 0 Å². The monoisotopic (exact) mass is 334 g/mol. The van der Waals surface area contributed by atoms with Crippen LogP contribution in [0.5, 0.6) is 0 Å². The number of carbonyl (C=O) groups excluding carboxylic acids is 1. The zero-order valence-corrected chi connectivity index (χ0v) is 11.2. The molecule has 1 fully saturated rings. The number of rotatable bonds is 2. The van der Waals surface area contributed by atoms with E-state index in [1.165, 1.54) is 12.8 Å². The molecule has 1 aliphatic rings. The molecule has 0 atom stereocenters. The van der Waals surface area contributed by atoms with Crippen molar-refractivity contribution in [3.05, 3.63) is 32.4 Å². The van der Waals surface area contributed by atoms with Gasteiger partial charge >= 0.3 is 0 Å². The Bertz CT molecular complexity index is 383. The van der Waals surface area contributed by atoms with E-state index in [1.807, 2.05) is 12.1 Å². The summed E-state index contributed by atoms with van der Waals surface area (Å²) in [4.78, 5) is 12.0. The molecule has 0 heterocycles. The van der Waals surface area contributed by atoms with E-state index in [9.17, 15) is 4.79 Å². The van der Waals surface area contributed by atoms with Gasteiger partial charge in [0.2, 0.25) is 0 Å². The maximum Gasteiger partial charge on any atom is 0.165 e. The Morgan fingerprint density at radius 1 is 1.33 bits per heavy atom. The molecule has 3 heteroatoms. The van der Waals surface area contributed by atoms with E-state index in [1.54, 1.807) is 6.07 Å². The molecule has 1 nitrogen and oxygen atoms in total. The molecular formula is C12H12ClIO. The first kappa shape index (κ1) is 11.4. The number of Topliss-reactive ketones (excluding diaryl/α,β-unsaturated/α-hetero) is 1. The molecule has 0 aliphatic heterocycles. The van der Waals surface area contributed by atoms with Gasteiger partial charge in [0, 0.05) is 15.1 Å². The molecule has 1 aromatic rings. The molecule has 1 aromatic carbocycles. The van der Waals surface area contributed by atoms with Crippen molar-refractivity contribution < 1.29 is 4.79 Å². The number of benzene rings is 1. The molecule has 0 bridgehead atoms. The van der Waals surface area contributed by atoms with Crippen LogP contribution in [0.25, 0.3) is 0 Å². The second kappa shape index (κ2) is 4.83. The van der Waals surface area contributed by atoms with Crippen molar-refractivity contribution in [1.29, 1.82) is 0 Å². The largest absolute Gasteiger partial charge is 0.294 e. The van der Waals surface area contributed by atoms with Crippen molar-refractivity contribution in [2.45, 2.75) is 25.7 Å². The lowest BCUT2D eigenvalue weighted by Crippen LogP contribution is -2.10. The normalized spacial score (nSPS) is 16.9. The highest BCUT2D eigenvalue weighted by Crippen LogP contribution is 2.29. The summed E-state index contributed by atoms with van der Waals surface area (Å²) in [6.45, 7) is 0. The van der Waals surface area contributed by atoms with Gasteiger partial charge in [-0.15, -0.1) is 0 Å². The fourth-order valence-electron chi connectivity index (χ4n) is 2.07. The average Bonchev–Trinajstić information content (AvgIpc) is 2.74. The molecule has 0 radical (unpaired) electrons. The zero-order chi connectivity index (χ0) is 10.8. The van der Waals surface area contributed by atoms with Crippen LogP contribution in [0, 0.1) is 9.49 Å². The van der Waals surface area contributed by atoms with Crippen LogP contribution in [0.4, 0.5) is 0 Å². The van der Waals surface area contributed by atoms with Gasteiger partial charge in [-0.2, -0.15) is 0 Å². The van der Waals surface area contributed by atoms with Crippen molar-refractivity contribution in [2.24, 2.45) is 5.92 Å². The molecule has 80 valence electrons. The van der Waals surface area contributed by atoms with Crippen molar-refractivity contribution in [3.63, 3.8) is 0 Å². The summed E-state index contributed by atoms with van der Waals surface area (Å²) in [5, 5.41) is 0.680. The van der Waals surface area contributed by atoms with Crippen molar-refractivity contribution >= 4 is 40.0 Å². The topological polar surface area (TPSA) is 17.1 Å². The van der Waals surface area contributed by atoms with E-state index in [4.69, 9.17) is 11.6 Å². The van der Waals surface area contributed by atoms with Gasteiger partial charge < -0.3 is 0 Å². The first-order chi connectivity index (χ1) is 7.18. The fourth-order valence-corrected chi connectivity index (χ4v) is 2.59. The minimum absolute atomic E-state index is 0.237. The Labute approximate surface area is 108 Å². The number of ketones is 1. The van der Waals surface area contributed by atoms with Crippen LogP contribution < -0.4 is 0 Å². The fraction of sp³-hybridized carbons (Fsp3) is 0.417. The van der Waals surface area contributed by atoms with E-state index >= 15 is 0 Å². The molecule has 0 N–H and O–H groups in total. The lowest BCUT2D eigenvalue weighted by Gasteiger charge is -2.08. The summed E-state index contributed by atoms with van der Waals surface area (Å²) >= 11 is 8.17. The first-order valence-electron chi connectivity index (χ1n) is 5.18. The predicted octanol–water partition coefficient (Wildman–Crippen LogP) is 4.32. The van der Waals surface area contributed by atoms with Crippen LogP contribution in [0.3, 0.4) is 0 Å². The summed E-state index contributed by atoms with van der Waals surface area (Å²) in [6.07, 6.45) is 4.47. The molecule has 0 aromatic heterocycles. The Balaban J connectivity index is 2.21. The first-order valence-corrected chi connectivity index (χ1v) is 6.63. The van der Waals surface area contributed by atoms with Gasteiger partial charge in [-0.05, 0) is 47.6 Å². The second-order valence-electron chi connectivity index (χ2n) is 3.97. The SMILES string of the molecule is O=C(c1ccc(I)c(Cl)c1)C1CCCC1. The van der Waals surface area contributed by atoms with Gasteiger partial charge in [0.1, 0.15) is 0 Å². The highest BCUT2D eigenvalue weighted by Gasteiger charge is 2.23. The van der Waals surface area contributed by atoms with Crippen molar-refractivity contribution in [1.82, 2.24) is 0 Å². The molecule has 1 aliphatic carbocycles. The predicted molar refractivity (Wildman–Crippen MR) is 70.5 cm³/mol. The van der Waals surface area contributed by atoms with Crippen LogP contribution in [0.15, 0.2) is 18.2 Å². The summed E-state index contributed by atoms with van der Waals surface area (Å²) in [5.41, 5.74) is 0.771. The minimum atomic E-state index is 0.237. The van der Waals surface area contributed by atoms with E-state index in [-0.39, 0.29) is 11.7 Å². The lowest BCUT2D eigenvalue weighted by molar-refractivity contribution is 0.0923. The van der Waals surface area contributed by atoms with Gasteiger partial charge in [-0.3, -0.25) is 4.79 Å². The van der Waals surface area contributed by atoms with Gasteiger partial charge in [-0.25, -0.2) is 0 Å². The molecular weight excluding hydrogens is 322 g/mol. The summed E-state index contributed by atoms with van der Waals surface area (Å²) in [7, 11) is 0. The quantitative estimate of drug-likeness (QED) is 0.581. The Morgan fingerprint density at radius 2 is 2.00 bits per heavy atom. The maximum absolute atomic E-state index is 12.0. The van der Waals surface area contributed by atoms with Crippen LogP contribution >= 0.6 is 34.2 Å². The standard InChI is InChI=1S/C12H12ClIO/c13-10-7-9(5-6-11(10)14)12(15)8-3-1-2-4-8/h5-8H,1-4H2. The zero-order valence-electron chi connectivity index (χ0n) is 8.30. The van der Waals surface area contributed by atoms with Crippen LogP contribution in [0.2, 0.25) is 5.02 Å². The van der Waals surface area contributed by atoms with E-state index in [0.717, 1.165) is 22.0 Å². The van der Waals surface area contributed by atoms with Crippen LogP contribution in [-0.2, 0) is 0 Å². The highest BCUT2D eigenvalue weighted by atomic mass is 127. The van der Waals surface area contributed by atoms with Crippen LogP contribution in [-0.4, -0.2) is 5.78 Å². The minimum Gasteiger partial charge on any atom is -0.294 e. The average molecular weight is 335 g/mol. The highest BCUT2D eigenvalue weighted by molar-refractivity contribution is 14.1. The van der Waals surface area contributed by atoms with Gasteiger partial charge in [0.05, 0.1) is 5.02 Å². The van der Waals surface area contributed by atoms with Gasteiger partial charge in [-0.1, -0.05) is 30.5 Å². The molecule has 0 amide bonds. The third-order valence-corrected chi connectivity index (χ3v) is 4.50. The number of carbonyl (C=O) groups is 1. The number of hydrogen-bond acceptors (Lipinski definition) is 1. The third kappa shape index (κ3) is 2.53. The van der Waals surface area contributed by atoms with E-state index in [2.05, 4.69) is 22.6 Å². The number of halogens is 2. The Hall–Kier alpha value is -0.0900. The molecule has 0 unspecified atom stereocenters. The third-order valence-electron chi connectivity index (χ3n) is 2.93. The molecule has 0 saturated heterocycles. The lowest BCUT2D eigenvalue weighted by atomic mass is 9.96. The Kier molecular flexibility index (Phi) is 3.67. The molecule has 2 rings (SSSR count). The van der Waals surface area contributed by atoms with Gasteiger partial charge in [0.15, 0.2) is 5.78 Å². The maximum atomic E-state index is 12.0. The van der Waals surface area contributed by atoms with E-state index in [0.29, 0.717) is 5.02 Å². The Morgan fingerprint density at radius 3 is 2.60 bits per heavy atom. The van der Waals surface area contributed by atoms with Crippen LogP contribution in [0.1, 0.15) is 36.0 Å². The number of hydrogen-bond donors (Lipinski definition) is 0. The van der Waals surface area contributed by atoms with Crippen molar-refractivity contribution in [2.75, 3.05) is 0 Å². The van der Waals surface area contributed by atoms with E-state index < -0.39 is 0 Å². The summed E-state index contributed by atoms with van der Waals surface area (Å²) < 4.78 is 0.997. The summed E-state index contributed by atoms with van der Waals surface area (Å²) in [6, 6.07) is 5.59. The smallest absolute Gasteiger partial charge is 0.165 e. The molecule has 15 heavy (non-hydrogen) atoms. The van der Waals surface area contributed by atoms with Gasteiger partial charge in [0.25, 0.3) is 0 Å². The molecule has 1 saturated carbocycles. The molecule has 0 spiro atoms. The second-order valence-corrected chi connectivity index (χ2v) is 5.54. The summed E-state index contributed by atoms with van der Waals surface area (Å²) in [5.74, 6) is 0.506.